The normalized spacial score (nSPS) is 26.4. The summed E-state index contributed by atoms with van der Waals surface area (Å²) < 4.78 is 0. The van der Waals surface area contributed by atoms with Crippen LogP contribution in [0.25, 0.3) is 0 Å². The second-order valence-corrected chi connectivity index (χ2v) is 7.20. The lowest BCUT2D eigenvalue weighted by atomic mass is 9.94. The SMILES string of the molecule is O=C(C1CCCN(C2Cc3ccccc3C2)C1)N1CCCC1. The van der Waals surface area contributed by atoms with E-state index in [1.165, 1.54) is 49.8 Å². The molecule has 2 heterocycles. The number of fused-ring (bicyclic) bond motifs is 1. The summed E-state index contributed by atoms with van der Waals surface area (Å²) in [5.41, 5.74) is 3.03. The van der Waals surface area contributed by atoms with Crippen LogP contribution in [0.1, 0.15) is 36.8 Å². The quantitative estimate of drug-likeness (QED) is 0.837. The Morgan fingerprint density at radius 3 is 2.32 bits per heavy atom. The topological polar surface area (TPSA) is 23.6 Å². The number of piperidine rings is 1. The van der Waals surface area contributed by atoms with Gasteiger partial charge in [-0.05, 0) is 56.2 Å². The molecule has 0 radical (unpaired) electrons. The minimum Gasteiger partial charge on any atom is -0.342 e. The highest BCUT2D eigenvalue weighted by Gasteiger charge is 2.34. The maximum absolute atomic E-state index is 12.7. The van der Waals surface area contributed by atoms with E-state index in [2.05, 4.69) is 34.1 Å². The predicted molar refractivity (Wildman–Crippen MR) is 87.7 cm³/mol. The van der Waals surface area contributed by atoms with Gasteiger partial charge in [0.1, 0.15) is 0 Å². The van der Waals surface area contributed by atoms with Crippen LogP contribution in [0.5, 0.6) is 0 Å². The van der Waals surface area contributed by atoms with E-state index in [1.807, 2.05) is 0 Å². The first-order chi connectivity index (χ1) is 10.8. The summed E-state index contributed by atoms with van der Waals surface area (Å²) in [6.45, 7) is 4.13. The average molecular weight is 298 g/mol. The number of carbonyl (C=O) groups is 1. The first-order valence-corrected chi connectivity index (χ1v) is 8.91. The number of hydrogen-bond acceptors (Lipinski definition) is 2. The minimum atomic E-state index is 0.246. The van der Waals surface area contributed by atoms with Gasteiger partial charge in [0.15, 0.2) is 0 Å². The first kappa shape index (κ1) is 14.3. The number of amides is 1. The van der Waals surface area contributed by atoms with Gasteiger partial charge in [0.2, 0.25) is 5.91 Å². The van der Waals surface area contributed by atoms with Crippen LogP contribution in [0, 0.1) is 5.92 Å². The molecule has 3 nitrogen and oxygen atoms in total. The van der Waals surface area contributed by atoms with Gasteiger partial charge in [-0.25, -0.2) is 0 Å². The van der Waals surface area contributed by atoms with E-state index in [1.54, 1.807) is 0 Å². The maximum atomic E-state index is 12.7. The molecule has 2 fully saturated rings. The summed E-state index contributed by atoms with van der Waals surface area (Å²) in [7, 11) is 0. The summed E-state index contributed by atoms with van der Waals surface area (Å²) >= 11 is 0. The monoisotopic (exact) mass is 298 g/mol. The molecule has 118 valence electrons. The van der Waals surface area contributed by atoms with Gasteiger partial charge >= 0.3 is 0 Å². The van der Waals surface area contributed by atoms with Crippen LogP contribution in [-0.4, -0.2) is 47.9 Å². The molecule has 0 bridgehead atoms. The summed E-state index contributed by atoms with van der Waals surface area (Å²) in [5, 5.41) is 0. The zero-order valence-electron chi connectivity index (χ0n) is 13.3. The Labute approximate surface area is 133 Å². The lowest BCUT2D eigenvalue weighted by Gasteiger charge is -2.37. The number of rotatable bonds is 2. The predicted octanol–water partition coefficient (Wildman–Crippen LogP) is 2.49. The molecular formula is C19H26N2O. The van der Waals surface area contributed by atoms with Crippen molar-refractivity contribution in [2.24, 2.45) is 5.92 Å². The fraction of sp³-hybridized carbons (Fsp3) is 0.632. The van der Waals surface area contributed by atoms with E-state index < -0.39 is 0 Å². The van der Waals surface area contributed by atoms with Crippen LogP contribution in [0.2, 0.25) is 0 Å². The Morgan fingerprint density at radius 2 is 1.64 bits per heavy atom. The second-order valence-electron chi connectivity index (χ2n) is 7.20. The van der Waals surface area contributed by atoms with Crippen molar-refractivity contribution in [1.82, 2.24) is 9.80 Å². The van der Waals surface area contributed by atoms with Crippen LogP contribution >= 0.6 is 0 Å². The molecule has 1 aromatic rings. The van der Waals surface area contributed by atoms with Crippen molar-refractivity contribution >= 4 is 5.91 Å². The molecule has 2 saturated heterocycles. The highest BCUT2D eigenvalue weighted by atomic mass is 16.2. The van der Waals surface area contributed by atoms with Crippen LogP contribution in [0.3, 0.4) is 0 Å². The molecule has 0 saturated carbocycles. The molecule has 2 aliphatic heterocycles. The average Bonchev–Trinajstić information content (AvgIpc) is 3.23. The van der Waals surface area contributed by atoms with E-state index in [4.69, 9.17) is 0 Å². The summed E-state index contributed by atoms with van der Waals surface area (Å²) in [6, 6.07) is 9.46. The largest absolute Gasteiger partial charge is 0.342 e. The zero-order chi connectivity index (χ0) is 14.9. The molecule has 3 aliphatic rings. The summed E-state index contributed by atoms with van der Waals surface area (Å²) in [5.74, 6) is 0.674. The van der Waals surface area contributed by atoms with Crippen molar-refractivity contribution in [3.8, 4) is 0 Å². The number of likely N-dealkylation sites (tertiary alicyclic amines) is 2. The fourth-order valence-electron chi connectivity index (χ4n) is 4.53. The maximum Gasteiger partial charge on any atom is 0.226 e. The zero-order valence-corrected chi connectivity index (χ0v) is 13.3. The van der Waals surface area contributed by atoms with E-state index in [0.29, 0.717) is 11.9 Å². The molecule has 1 aromatic carbocycles. The summed E-state index contributed by atoms with van der Waals surface area (Å²) in [4.78, 5) is 17.4. The number of nitrogens with zero attached hydrogens (tertiary/aromatic N) is 2. The van der Waals surface area contributed by atoms with Crippen LogP contribution in [0.15, 0.2) is 24.3 Å². The molecule has 22 heavy (non-hydrogen) atoms. The Bertz CT molecular complexity index is 525. The van der Waals surface area contributed by atoms with Gasteiger partial charge in [0.25, 0.3) is 0 Å². The Kier molecular flexibility index (Phi) is 3.91. The van der Waals surface area contributed by atoms with Gasteiger partial charge in [0.05, 0.1) is 5.92 Å². The highest BCUT2D eigenvalue weighted by molar-refractivity contribution is 5.79. The first-order valence-electron chi connectivity index (χ1n) is 8.91. The Balaban J connectivity index is 1.40. The number of benzene rings is 1. The molecule has 1 aliphatic carbocycles. The third-order valence-corrected chi connectivity index (χ3v) is 5.77. The van der Waals surface area contributed by atoms with Crippen LogP contribution in [0.4, 0.5) is 0 Å². The van der Waals surface area contributed by atoms with Crippen molar-refractivity contribution in [2.75, 3.05) is 26.2 Å². The third kappa shape index (κ3) is 2.67. The van der Waals surface area contributed by atoms with Crippen molar-refractivity contribution < 1.29 is 4.79 Å². The van der Waals surface area contributed by atoms with Gasteiger partial charge < -0.3 is 4.90 Å². The molecule has 0 spiro atoms. The van der Waals surface area contributed by atoms with Gasteiger partial charge in [0, 0.05) is 25.7 Å². The molecular weight excluding hydrogens is 272 g/mol. The van der Waals surface area contributed by atoms with E-state index in [0.717, 1.165) is 26.1 Å². The minimum absolute atomic E-state index is 0.246. The molecule has 4 rings (SSSR count). The Hall–Kier alpha value is -1.35. The second kappa shape index (κ2) is 6.04. The molecule has 1 amide bonds. The van der Waals surface area contributed by atoms with E-state index in [9.17, 15) is 4.79 Å². The lowest BCUT2D eigenvalue weighted by Crippen LogP contribution is -2.48. The highest BCUT2D eigenvalue weighted by Crippen LogP contribution is 2.29. The Morgan fingerprint density at radius 1 is 0.955 bits per heavy atom. The molecule has 0 N–H and O–H groups in total. The van der Waals surface area contributed by atoms with E-state index in [-0.39, 0.29) is 5.92 Å². The van der Waals surface area contributed by atoms with Crippen molar-refractivity contribution in [3.63, 3.8) is 0 Å². The molecule has 0 aromatic heterocycles. The number of hydrogen-bond donors (Lipinski definition) is 0. The van der Waals surface area contributed by atoms with E-state index >= 15 is 0 Å². The molecule has 1 atom stereocenters. The smallest absolute Gasteiger partial charge is 0.226 e. The van der Waals surface area contributed by atoms with Gasteiger partial charge in [-0.15, -0.1) is 0 Å². The lowest BCUT2D eigenvalue weighted by molar-refractivity contribution is -0.136. The van der Waals surface area contributed by atoms with Gasteiger partial charge in [-0.2, -0.15) is 0 Å². The van der Waals surface area contributed by atoms with Crippen molar-refractivity contribution in [2.45, 2.75) is 44.6 Å². The number of carbonyl (C=O) groups excluding carboxylic acids is 1. The molecule has 3 heteroatoms. The van der Waals surface area contributed by atoms with Gasteiger partial charge in [-0.1, -0.05) is 24.3 Å². The standard InChI is InChI=1S/C19H26N2O/c22-19(20-9-3-4-10-20)17-8-5-11-21(14-17)18-12-15-6-1-2-7-16(15)13-18/h1-2,6-7,17-18H,3-5,8-14H2. The van der Waals surface area contributed by atoms with Gasteiger partial charge in [-0.3, -0.25) is 9.69 Å². The van der Waals surface area contributed by atoms with Crippen LogP contribution in [-0.2, 0) is 17.6 Å². The van der Waals surface area contributed by atoms with Crippen molar-refractivity contribution in [1.29, 1.82) is 0 Å². The van der Waals surface area contributed by atoms with Crippen LogP contribution < -0.4 is 0 Å². The summed E-state index contributed by atoms with van der Waals surface area (Å²) in [6.07, 6.45) is 6.99. The fourth-order valence-corrected chi connectivity index (χ4v) is 4.53. The molecule has 1 unspecified atom stereocenters. The van der Waals surface area contributed by atoms with Crippen molar-refractivity contribution in [3.05, 3.63) is 35.4 Å². The third-order valence-electron chi connectivity index (χ3n) is 5.77.